The number of halogens is 1. The summed E-state index contributed by atoms with van der Waals surface area (Å²) < 4.78 is 20.4. The average molecular weight is 375 g/mol. The molecule has 6 heteroatoms. The number of ether oxygens (including phenoxy) is 1. The van der Waals surface area contributed by atoms with Gasteiger partial charge in [0.05, 0.1) is 31.9 Å². The van der Waals surface area contributed by atoms with E-state index in [9.17, 15) is 9.18 Å². The van der Waals surface area contributed by atoms with Gasteiger partial charge in [-0.25, -0.2) is 9.18 Å². The molecule has 4 rings (SSSR count). The Bertz CT molecular complexity index is 790. The molecule has 2 unspecified atom stereocenters. The number of piperidine rings is 1. The Kier molecular flexibility index (Phi) is 4.49. The van der Waals surface area contributed by atoms with Crippen LogP contribution in [0.4, 0.5) is 14.9 Å². The maximum Gasteiger partial charge on any atom is 0.411 e. The molecule has 3 heterocycles. The third-order valence-electron chi connectivity index (χ3n) is 6.11. The highest BCUT2D eigenvalue weighted by Gasteiger charge is 2.49. The van der Waals surface area contributed by atoms with Crippen LogP contribution in [-0.2, 0) is 4.74 Å². The van der Waals surface area contributed by atoms with Gasteiger partial charge in [-0.1, -0.05) is 0 Å². The molecule has 2 aliphatic heterocycles. The molecule has 4 nitrogen and oxygen atoms in total. The molecule has 2 aromatic rings. The minimum atomic E-state index is -0.497. The number of quaternary nitrogens is 1. The zero-order valence-electron chi connectivity index (χ0n) is 15.1. The number of rotatable bonds is 3. The summed E-state index contributed by atoms with van der Waals surface area (Å²) in [4.78, 5) is 12.5. The van der Waals surface area contributed by atoms with Gasteiger partial charge in [-0.05, 0) is 40.6 Å². The van der Waals surface area contributed by atoms with Gasteiger partial charge in [0.2, 0.25) is 0 Å². The van der Waals surface area contributed by atoms with Gasteiger partial charge in [0.25, 0.3) is 0 Å². The second-order valence-corrected chi connectivity index (χ2v) is 8.62. The summed E-state index contributed by atoms with van der Waals surface area (Å²) in [6.45, 7) is 0. The standard InChI is InChI=1S/C20H23FN2O2S/c1-23(2)15-4-5-16(23)11-17(10-15)25-20(24)22-19-9-14(21)3-6-18(19)13-7-8-26-12-13/h3,6-9,12,15-17H,4-5,10-11H2,1-2H3/p+1. The lowest BCUT2D eigenvalue weighted by atomic mass is 9.98. The smallest absolute Gasteiger partial charge is 0.411 e. The van der Waals surface area contributed by atoms with Crippen LogP contribution >= 0.6 is 11.3 Å². The van der Waals surface area contributed by atoms with Gasteiger partial charge in [-0.2, -0.15) is 11.3 Å². The van der Waals surface area contributed by atoms with Crippen LogP contribution in [0.3, 0.4) is 0 Å². The molecule has 1 aromatic heterocycles. The van der Waals surface area contributed by atoms with Gasteiger partial charge in [-0.15, -0.1) is 0 Å². The average Bonchev–Trinajstić information content (AvgIpc) is 3.11. The fourth-order valence-electron chi connectivity index (χ4n) is 4.51. The molecule has 0 aliphatic carbocycles. The van der Waals surface area contributed by atoms with Crippen LogP contribution in [0.15, 0.2) is 35.0 Å². The van der Waals surface area contributed by atoms with Crippen LogP contribution in [-0.4, -0.2) is 42.9 Å². The minimum Gasteiger partial charge on any atom is -0.445 e. The van der Waals surface area contributed by atoms with E-state index in [4.69, 9.17) is 4.74 Å². The second kappa shape index (κ2) is 6.67. The lowest BCUT2D eigenvalue weighted by molar-refractivity contribution is -0.931. The van der Waals surface area contributed by atoms with Crippen molar-refractivity contribution in [2.75, 3.05) is 19.4 Å². The summed E-state index contributed by atoms with van der Waals surface area (Å²) in [6.07, 6.45) is 3.64. The monoisotopic (exact) mass is 375 g/mol. The highest BCUT2D eigenvalue weighted by atomic mass is 32.1. The zero-order valence-corrected chi connectivity index (χ0v) is 15.9. The maximum absolute atomic E-state index is 13.7. The van der Waals surface area contributed by atoms with Gasteiger partial charge in [0.1, 0.15) is 11.9 Å². The Morgan fingerprint density at radius 1 is 1.23 bits per heavy atom. The van der Waals surface area contributed by atoms with E-state index in [0.29, 0.717) is 17.8 Å². The minimum absolute atomic E-state index is 0.0585. The number of hydrogen-bond acceptors (Lipinski definition) is 3. The normalized spacial score (nSPS) is 26.5. The van der Waals surface area contributed by atoms with Crippen LogP contribution in [0, 0.1) is 5.82 Å². The van der Waals surface area contributed by atoms with E-state index in [1.54, 1.807) is 17.4 Å². The van der Waals surface area contributed by atoms with Crippen LogP contribution in [0.25, 0.3) is 11.1 Å². The van der Waals surface area contributed by atoms with Crippen molar-refractivity contribution in [3.63, 3.8) is 0 Å². The number of carbonyl (C=O) groups excluding carboxylic acids is 1. The van der Waals surface area contributed by atoms with Crippen LogP contribution in [0.5, 0.6) is 0 Å². The first-order valence-corrected chi connectivity index (χ1v) is 10.0. The summed E-state index contributed by atoms with van der Waals surface area (Å²) in [5.41, 5.74) is 2.20. The largest absolute Gasteiger partial charge is 0.445 e. The summed E-state index contributed by atoms with van der Waals surface area (Å²) >= 11 is 1.56. The third-order valence-corrected chi connectivity index (χ3v) is 6.79. The van der Waals surface area contributed by atoms with Crippen molar-refractivity contribution in [3.8, 4) is 11.1 Å². The highest BCUT2D eigenvalue weighted by molar-refractivity contribution is 7.08. The molecule has 2 aliphatic rings. The van der Waals surface area contributed by atoms with Gasteiger partial charge in [-0.3, -0.25) is 5.32 Å². The highest BCUT2D eigenvalue weighted by Crippen LogP contribution is 2.40. The number of fused-ring (bicyclic) bond motifs is 2. The molecule has 2 fully saturated rings. The van der Waals surface area contributed by atoms with Crippen molar-refractivity contribution >= 4 is 23.1 Å². The van der Waals surface area contributed by atoms with E-state index in [-0.39, 0.29) is 11.9 Å². The van der Waals surface area contributed by atoms with Crippen molar-refractivity contribution in [2.24, 2.45) is 0 Å². The van der Waals surface area contributed by atoms with E-state index < -0.39 is 6.09 Å². The Hall–Kier alpha value is -1.92. The molecular formula is C20H24FN2O2S+. The first-order valence-electron chi connectivity index (χ1n) is 9.06. The third kappa shape index (κ3) is 3.23. The molecule has 0 saturated carbocycles. The Labute approximate surface area is 157 Å². The number of nitrogens with one attached hydrogen (secondary N) is 1. The fourth-order valence-corrected chi connectivity index (χ4v) is 5.16. The van der Waals surface area contributed by atoms with Gasteiger partial charge < -0.3 is 9.22 Å². The van der Waals surface area contributed by atoms with E-state index in [0.717, 1.165) is 28.5 Å². The summed E-state index contributed by atoms with van der Waals surface area (Å²) in [5.74, 6) is -0.381. The van der Waals surface area contributed by atoms with E-state index in [2.05, 4.69) is 19.4 Å². The molecule has 2 bridgehead atoms. The van der Waals surface area contributed by atoms with Gasteiger partial charge >= 0.3 is 6.09 Å². The fraction of sp³-hybridized carbons (Fsp3) is 0.450. The predicted molar refractivity (Wildman–Crippen MR) is 102 cm³/mol. The summed E-state index contributed by atoms with van der Waals surface area (Å²) in [5, 5.41) is 6.69. The number of benzene rings is 1. The Morgan fingerprint density at radius 2 is 1.96 bits per heavy atom. The molecule has 26 heavy (non-hydrogen) atoms. The van der Waals surface area contributed by atoms with E-state index >= 15 is 0 Å². The number of carbonyl (C=O) groups is 1. The Balaban J connectivity index is 1.46. The lowest BCUT2D eigenvalue weighted by Gasteiger charge is -2.43. The van der Waals surface area contributed by atoms with Gasteiger partial charge in [0.15, 0.2) is 0 Å². The van der Waals surface area contributed by atoms with Crippen LogP contribution in [0.2, 0.25) is 0 Å². The number of nitrogens with zero attached hydrogens (tertiary/aromatic N) is 1. The molecule has 1 amide bonds. The van der Waals surface area contributed by atoms with Crippen LogP contribution in [0.1, 0.15) is 25.7 Å². The molecule has 1 aromatic carbocycles. The first kappa shape index (κ1) is 17.5. The number of amides is 1. The topological polar surface area (TPSA) is 38.3 Å². The SMILES string of the molecule is C[N+]1(C)C2CCC1CC(OC(=O)Nc1cc(F)ccc1-c1ccsc1)C2. The van der Waals surface area contributed by atoms with Crippen molar-refractivity contribution < 1.29 is 18.4 Å². The number of thiophene rings is 1. The molecule has 0 spiro atoms. The Morgan fingerprint density at radius 3 is 2.62 bits per heavy atom. The summed E-state index contributed by atoms with van der Waals surface area (Å²) in [7, 11) is 4.55. The molecule has 138 valence electrons. The van der Waals surface area contributed by atoms with E-state index in [1.165, 1.54) is 25.0 Å². The lowest BCUT2D eigenvalue weighted by Crippen LogP contribution is -2.56. The van der Waals surface area contributed by atoms with Crippen molar-refractivity contribution in [3.05, 3.63) is 40.8 Å². The second-order valence-electron chi connectivity index (χ2n) is 7.84. The van der Waals surface area contributed by atoms with E-state index in [1.807, 2.05) is 16.8 Å². The quantitative estimate of drug-likeness (QED) is 0.777. The number of hydrogen-bond donors (Lipinski definition) is 1. The van der Waals surface area contributed by atoms with Gasteiger partial charge in [0, 0.05) is 31.2 Å². The molecule has 1 N–H and O–H groups in total. The predicted octanol–water partition coefficient (Wildman–Crippen LogP) is 4.87. The van der Waals surface area contributed by atoms with Crippen molar-refractivity contribution in [2.45, 2.75) is 43.9 Å². The zero-order chi connectivity index (χ0) is 18.3. The van der Waals surface area contributed by atoms with Crippen molar-refractivity contribution in [1.29, 1.82) is 0 Å². The maximum atomic E-state index is 13.7. The molecular weight excluding hydrogens is 351 g/mol. The molecule has 2 atom stereocenters. The first-order chi connectivity index (χ1) is 12.4. The summed E-state index contributed by atoms with van der Waals surface area (Å²) in [6, 6.07) is 7.51. The van der Waals surface area contributed by atoms with Crippen molar-refractivity contribution in [1.82, 2.24) is 0 Å². The molecule has 0 radical (unpaired) electrons. The van der Waals surface area contributed by atoms with Crippen LogP contribution < -0.4 is 5.32 Å². The number of anilines is 1. The molecule has 2 saturated heterocycles.